The van der Waals surface area contributed by atoms with Crippen LogP contribution in [0.15, 0.2) is 35.1 Å². The Bertz CT molecular complexity index is 1350. The molecular weight excluding hydrogens is 424 g/mol. The molecule has 0 fully saturated rings. The Morgan fingerprint density at radius 3 is 2.94 bits per heavy atom. The third-order valence-corrected chi connectivity index (χ3v) is 6.05. The number of fused-ring (bicyclic) bond motifs is 5. The van der Waals surface area contributed by atoms with Gasteiger partial charge in [-0.15, -0.1) is 0 Å². The number of aromatic nitrogens is 2. The van der Waals surface area contributed by atoms with Gasteiger partial charge in [0, 0.05) is 29.9 Å². The molecule has 2 aliphatic rings. The predicted octanol–water partition coefficient (Wildman–Crippen LogP) is 2.28. The molecule has 8 nitrogen and oxygen atoms in total. The molecule has 9 heteroatoms. The van der Waals surface area contributed by atoms with E-state index in [1.165, 1.54) is 6.92 Å². The van der Waals surface area contributed by atoms with Gasteiger partial charge in [-0.25, -0.2) is 9.78 Å². The van der Waals surface area contributed by atoms with Crippen molar-refractivity contribution in [3.8, 4) is 11.4 Å². The van der Waals surface area contributed by atoms with Gasteiger partial charge in [0.1, 0.15) is 6.61 Å². The summed E-state index contributed by atoms with van der Waals surface area (Å²) in [6, 6.07) is 9.00. The molecule has 1 atom stereocenters. The van der Waals surface area contributed by atoms with E-state index in [-0.39, 0.29) is 36.3 Å². The number of pyridine rings is 2. The standard InChI is InChI=1S/C22H17ClN2O6/c1-11(26)30-6-5-22(29)15-8-17-19-13(7-12-3-2-4-16(23)18(12)24-19)9-25(17)20(27)14(15)10-31-21(22)28/h2-4,7-8,29H,5-6,9-10H2,1H3/t22-/m0/s1. The van der Waals surface area contributed by atoms with Crippen LogP contribution in [0.1, 0.15) is 30.0 Å². The van der Waals surface area contributed by atoms with Gasteiger partial charge >= 0.3 is 11.9 Å². The van der Waals surface area contributed by atoms with Crippen molar-refractivity contribution in [2.75, 3.05) is 6.61 Å². The number of ether oxygens (including phenoxy) is 2. The molecule has 0 radical (unpaired) electrons. The van der Waals surface area contributed by atoms with E-state index in [1.54, 1.807) is 16.7 Å². The Morgan fingerprint density at radius 2 is 2.16 bits per heavy atom. The summed E-state index contributed by atoms with van der Waals surface area (Å²) in [5, 5.41) is 12.5. The molecular formula is C22H17ClN2O6. The summed E-state index contributed by atoms with van der Waals surface area (Å²) in [5.74, 6) is -1.42. The number of rotatable bonds is 3. The summed E-state index contributed by atoms with van der Waals surface area (Å²) in [6.45, 7) is 1.11. The summed E-state index contributed by atoms with van der Waals surface area (Å²) in [5.41, 5.74) is 0.387. The maximum absolute atomic E-state index is 13.2. The van der Waals surface area contributed by atoms with Crippen LogP contribution in [0.3, 0.4) is 0 Å². The lowest BCUT2D eigenvalue weighted by molar-refractivity contribution is -0.175. The number of hydrogen-bond donors (Lipinski definition) is 1. The topological polar surface area (TPSA) is 108 Å². The van der Waals surface area contributed by atoms with Gasteiger partial charge in [-0.1, -0.05) is 23.7 Å². The third kappa shape index (κ3) is 2.94. The fraction of sp³-hybridized carbons (Fsp3) is 0.273. The van der Waals surface area contributed by atoms with Gasteiger partial charge in [-0.05, 0) is 18.2 Å². The molecule has 0 spiro atoms. The SMILES string of the molecule is CC(=O)OCC[C@@]1(O)C(=O)OCc2c1cc1n(c2=O)Cc2cc3cccc(Cl)c3nc2-1. The smallest absolute Gasteiger partial charge is 0.343 e. The largest absolute Gasteiger partial charge is 0.466 e. The highest BCUT2D eigenvalue weighted by Gasteiger charge is 2.46. The van der Waals surface area contributed by atoms with E-state index in [1.807, 2.05) is 18.2 Å². The van der Waals surface area contributed by atoms with Crippen molar-refractivity contribution in [1.82, 2.24) is 9.55 Å². The van der Waals surface area contributed by atoms with Crippen LogP contribution in [0.2, 0.25) is 5.02 Å². The lowest BCUT2D eigenvalue weighted by atomic mass is 9.85. The van der Waals surface area contributed by atoms with E-state index in [4.69, 9.17) is 21.1 Å². The summed E-state index contributed by atoms with van der Waals surface area (Å²) in [6.07, 6.45) is -0.231. The van der Waals surface area contributed by atoms with Crippen molar-refractivity contribution in [3.05, 3.63) is 62.4 Å². The Hall–Kier alpha value is -3.23. The Labute approximate surface area is 181 Å². The highest BCUT2D eigenvalue weighted by molar-refractivity contribution is 6.35. The Kier molecular flexibility index (Phi) is 4.39. The molecule has 158 valence electrons. The minimum Gasteiger partial charge on any atom is -0.466 e. The predicted molar refractivity (Wildman–Crippen MR) is 110 cm³/mol. The van der Waals surface area contributed by atoms with Crippen LogP contribution in [0.4, 0.5) is 0 Å². The highest BCUT2D eigenvalue weighted by Crippen LogP contribution is 2.39. The number of esters is 2. The number of hydrogen-bond acceptors (Lipinski definition) is 7. The number of nitrogens with zero attached hydrogens (tertiary/aromatic N) is 2. The monoisotopic (exact) mass is 440 g/mol. The van der Waals surface area contributed by atoms with Crippen molar-refractivity contribution in [2.24, 2.45) is 0 Å². The van der Waals surface area contributed by atoms with Gasteiger partial charge in [0.25, 0.3) is 5.56 Å². The second-order valence-electron chi connectivity index (χ2n) is 7.65. The van der Waals surface area contributed by atoms with Crippen LogP contribution >= 0.6 is 11.6 Å². The van der Waals surface area contributed by atoms with Gasteiger partial charge in [-0.3, -0.25) is 9.59 Å². The van der Waals surface area contributed by atoms with E-state index in [0.717, 1.165) is 10.9 Å². The average molecular weight is 441 g/mol. The third-order valence-electron chi connectivity index (χ3n) is 5.75. The van der Waals surface area contributed by atoms with Crippen LogP contribution in [-0.2, 0) is 37.8 Å². The molecule has 2 aromatic heterocycles. The lowest BCUT2D eigenvalue weighted by Crippen LogP contribution is -2.45. The van der Waals surface area contributed by atoms with Gasteiger partial charge < -0.3 is 19.1 Å². The average Bonchev–Trinajstić information content (AvgIpc) is 3.08. The number of para-hydroxylation sites is 1. The van der Waals surface area contributed by atoms with Crippen molar-refractivity contribution in [3.63, 3.8) is 0 Å². The molecule has 3 aromatic rings. The van der Waals surface area contributed by atoms with Crippen molar-refractivity contribution in [2.45, 2.75) is 32.1 Å². The minimum absolute atomic E-state index is 0.154. The first-order chi connectivity index (χ1) is 14.8. The second-order valence-corrected chi connectivity index (χ2v) is 8.05. The molecule has 5 rings (SSSR count). The summed E-state index contributed by atoms with van der Waals surface area (Å²) < 4.78 is 11.5. The van der Waals surface area contributed by atoms with Gasteiger partial charge in [0.05, 0.1) is 40.6 Å². The maximum Gasteiger partial charge on any atom is 0.343 e. The number of benzene rings is 1. The molecule has 1 aromatic carbocycles. The first-order valence-electron chi connectivity index (χ1n) is 9.68. The molecule has 0 amide bonds. The molecule has 4 heterocycles. The first kappa shape index (κ1) is 19.7. The van der Waals surface area contributed by atoms with E-state index in [2.05, 4.69) is 4.98 Å². The normalized spacial score (nSPS) is 18.9. The van der Waals surface area contributed by atoms with Crippen LogP contribution in [0, 0.1) is 0 Å². The zero-order valence-electron chi connectivity index (χ0n) is 16.5. The zero-order valence-corrected chi connectivity index (χ0v) is 17.2. The van der Waals surface area contributed by atoms with Crippen LogP contribution in [-0.4, -0.2) is 33.2 Å². The van der Waals surface area contributed by atoms with Crippen LogP contribution in [0.5, 0.6) is 0 Å². The number of halogens is 1. The molecule has 0 bridgehead atoms. The molecule has 0 unspecified atom stereocenters. The summed E-state index contributed by atoms with van der Waals surface area (Å²) in [4.78, 5) is 41.5. The van der Waals surface area contributed by atoms with Gasteiger partial charge in [0.2, 0.25) is 0 Å². The lowest BCUT2D eigenvalue weighted by Gasteiger charge is -2.32. The van der Waals surface area contributed by atoms with E-state index in [0.29, 0.717) is 28.5 Å². The molecule has 0 aliphatic carbocycles. The summed E-state index contributed by atoms with van der Waals surface area (Å²) >= 11 is 6.31. The van der Waals surface area contributed by atoms with Gasteiger partial charge in [0.15, 0.2) is 5.60 Å². The molecule has 1 N–H and O–H groups in total. The number of carbonyl (C=O) groups excluding carboxylic acids is 2. The van der Waals surface area contributed by atoms with Crippen LogP contribution < -0.4 is 5.56 Å². The first-order valence-corrected chi connectivity index (χ1v) is 10.1. The number of aliphatic hydroxyl groups is 1. The van der Waals surface area contributed by atoms with Crippen LogP contribution in [0.25, 0.3) is 22.3 Å². The number of cyclic esters (lactones) is 1. The van der Waals surface area contributed by atoms with Crippen molar-refractivity contribution >= 4 is 34.4 Å². The van der Waals surface area contributed by atoms with Crippen molar-refractivity contribution in [1.29, 1.82) is 0 Å². The van der Waals surface area contributed by atoms with E-state index < -0.39 is 17.5 Å². The molecule has 0 saturated carbocycles. The molecule has 2 aliphatic heterocycles. The Balaban J connectivity index is 1.68. The van der Waals surface area contributed by atoms with E-state index in [9.17, 15) is 19.5 Å². The fourth-order valence-electron chi connectivity index (χ4n) is 4.22. The maximum atomic E-state index is 13.2. The second kappa shape index (κ2) is 6.90. The molecule has 31 heavy (non-hydrogen) atoms. The minimum atomic E-state index is -2.10. The molecule has 0 saturated heterocycles. The van der Waals surface area contributed by atoms with E-state index >= 15 is 0 Å². The number of carbonyl (C=O) groups is 2. The fourth-order valence-corrected chi connectivity index (χ4v) is 4.44. The van der Waals surface area contributed by atoms with Crippen molar-refractivity contribution < 1.29 is 24.2 Å². The van der Waals surface area contributed by atoms with Gasteiger partial charge in [-0.2, -0.15) is 0 Å². The zero-order chi connectivity index (χ0) is 21.9. The highest BCUT2D eigenvalue weighted by atomic mass is 35.5. The quantitative estimate of drug-likeness (QED) is 0.487. The Morgan fingerprint density at radius 1 is 1.35 bits per heavy atom. The summed E-state index contributed by atoms with van der Waals surface area (Å²) in [7, 11) is 0.